The van der Waals surface area contributed by atoms with Gasteiger partial charge in [0.15, 0.2) is 5.78 Å². The molecule has 1 aromatic rings. The van der Waals surface area contributed by atoms with Gasteiger partial charge in [-0.2, -0.15) is 0 Å². The number of ether oxygens (including phenoxy) is 1. The SMILES string of the molecule is CO[C@@H]1C[C@@H]2[C@H](CC[C@]3(C)[C@@H](C(=O)Cn4ccnn4)CC[C@@H]23)C2CC[C@@](C)(O)C[C@@H]21. The van der Waals surface area contributed by atoms with Crippen LogP contribution in [0.5, 0.6) is 0 Å². The number of fused-ring (bicyclic) bond motifs is 5. The Morgan fingerprint density at radius 3 is 2.63 bits per heavy atom. The van der Waals surface area contributed by atoms with E-state index in [2.05, 4.69) is 17.2 Å². The number of ketones is 1. The predicted octanol–water partition coefficient (Wildman–Crippen LogP) is 3.49. The number of methoxy groups -OCH3 is 1. The summed E-state index contributed by atoms with van der Waals surface area (Å²) in [5.41, 5.74) is -0.440. The van der Waals surface area contributed by atoms with Gasteiger partial charge in [-0.1, -0.05) is 12.1 Å². The summed E-state index contributed by atoms with van der Waals surface area (Å²) in [5.74, 6) is 3.62. The van der Waals surface area contributed by atoms with Gasteiger partial charge in [0.05, 0.1) is 17.9 Å². The predicted molar refractivity (Wildman–Crippen MR) is 112 cm³/mol. The Labute approximate surface area is 179 Å². The molecule has 166 valence electrons. The smallest absolute Gasteiger partial charge is 0.157 e. The number of carbonyl (C=O) groups is 1. The second-order valence-electron chi connectivity index (χ2n) is 11.3. The molecular formula is C24H37N3O3. The van der Waals surface area contributed by atoms with Crippen LogP contribution in [0, 0.1) is 40.9 Å². The first-order chi connectivity index (χ1) is 14.3. The van der Waals surface area contributed by atoms with Crippen molar-refractivity contribution >= 4 is 5.78 Å². The maximum Gasteiger partial charge on any atom is 0.157 e. The van der Waals surface area contributed by atoms with Crippen LogP contribution in [0.4, 0.5) is 0 Å². The van der Waals surface area contributed by atoms with Crippen LogP contribution in [0.3, 0.4) is 0 Å². The van der Waals surface area contributed by atoms with E-state index in [1.54, 1.807) is 17.1 Å². The number of carbonyl (C=O) groups excluding carboxylic acids is 1. The second-order valence-corrected chi connectivity index (χ2v) is 11.3. The molecule has 1 unspecified atom stereocenters. The van der Waals surface area contributed by atoms with Crippen molar-refractivity contribution in [3.05, 3.63) is 12.4 Å². The molecule has 4 aliphatic carbocycles. The molecule has 4 fully saturated rings. The molecule has 6 heteroatoms. The average Bonchev–Trinajstić information content (AvgIpc) is 3.33. The summed E-state index contributed by atoms with van der Waals surface area (Å²) in [6.45, 7) is 4.74. The summed E-state index contributed by atoms with van der Waals surface area (Å²) in [6.07, 6.45) is 12.2. The van der Waals surface area contributed by atoms with Crippen molar-refractivity contribution in [3.63, 3.8) is 0 Å². The first kappa shape index (κ1) is 20.6. The molecule has 0 saturated heterocycles. The van der Waals surface area contributed by atoms with Gasteiger partial charge in [0, 0.05) is 19.2 Å². The molecule has 0 aliphatic heterocycles. The van der Waals surface area contributed by atoms with E-state index in [0.29, 0.717) is 36.0 Å². The summed E-state index contributed by atoms with van der Waals surface area (Å²) in [5, 5.41) is 18.6. The van der Waals surface area contributed by atoms with E-state index in [0.717, 1.165) is 50.9 Å². The van der Waals surface area contributed by atoms with Gasteiger partial charge >= 0.3 is 0 Å². The minimum Gasteiger partial charge on any atom is -0.390 e. The lowest BCUT2D eigenvalue weighted by Gasteiger charge is -2.58. The highest BCUT2D eigenvalue weighted by Crippen LogP contribution is 2.65. The van der Waals surface area contributed by atoms with Crippen LogP contribution in [0.2, 0.25) is 0 Å². The Kier molecular flexibility index (Phi) is 5.09. The maximum absolute atomic E-state index is 13.2. The molecule has 4 saturated carbocycles. The lowest BCUT2D eigenvalue weighted by Crippen LogP contribution is -2.55. The molecule has 0 amide bonds. The quantitative estimate of drug-likeness (QED) is 0.814. The zero-order valence-corrected chi connectivity index (χ0v) is 18.7. The van der Waals surface area contributed by atoms with Crippen molar-refractivity contribution in [2.75, 3.05) is 7.11 Å². The number of hydrogen-bond donors (Lipinski definition) is 1. The number of rotatable bonds is 4. The van der Waals surface area contributed by atoms with E-state index in [4.69, 9.17) is 4.74 Å². The lowest BCUT2D eigenvalue weighted by molar-refractivity contribution is -0.155. The fourth-order valence-electron chi connectivity index (χ4n) is 8.41. The standard InChI is InChI=1S/C24H37N3O3/c1-23(29)8-6-16-15-7-9-24(2)19(17(15)12-22(30-3)18(16)13-23)4-5-20(24)21(28)14-27-11-10-25-26-27/h10-11,15-20,22,29H,4-9,12-14H2,1-3H3/t15-,16?,17-,18+,19+,20-,22-,23-,24+/m1/s1. The zero-order chi connectivity index (χ0) is 21.1. The van der Waals surface area contributed by atoms with Crippen molar-refractivity contribution < 1.29 is 14.6 Å². The third-order valence-electron chi connectivity index (χ3n) is 9.75. The normalized spacial score (nSPS) is 47.9. The van der Waals surface area contributed by atoms with Crippen LogP contribution in [0.15, 0.2) is 12.4 Å². The average molecular weight is 416 g/mol. The Morgan fingerprint density at radius 2 is 1.90 bits per heavy atom. The van der Waals surface area contributed by atoms with Crippen LogP contribution in [-0.2, 0) is 16.1 Å². The molecule has 1 N–H and O–H groups in total. The molecule has 0 aromatic carbocycles. The van der Waals surface area contributed by atoms with Gasteiger partial charge in [-0.3, -0.25) is 4.79 Å². The third kappa shape index (κ3) is 3.26. The van der Waals surface area contributed by atoms with Gasteiger partial charge in [-0.05, 0) is 93.3 Å². The lowest BCUT2D eigenvalue weighted by atomic mass is 9.48. The largest absolute Gasteiger partial charge is 0.390 e. The minimum absolute atomic E-state index is 0.101. The summed E-state index contributed by atoms with van der Waals surface area (Å²) in [6, 6.07) is 0. The van der Waals surface area contributed by atoms with E-state index in [1.807, 2.05) is 14.0 Å². The van der Waals surface area contributed by atoms with Gasteiger partial charge in [-0.15, -0.1) is 5.10 Å². The molecular weight excluding hydrogens is 378 g/mol. The van der Waals surface area contributed by atoms with E-state index in [1.165, 1.54) is 6.42 Å². The molecule has 30 heavy (non-hydrogen) atoms. The molecule has 0 radical (unpaired) electrons. The first-order valence-electron chi connectivity index (χ1n) is 11.9. The summed E-state index contributed by atoms with van der Waals surface area (Å²) < 4.78 is 7.70. The number of aromatic nitrogens is 3. The van der Waals surface area contributed by atoms with E-state index in [9.17, 15) is 9.90 Å². The van der Waals surface area contributed by atoms with Gasteiger partial charge in [0.25, 0.3) is 0 Å². The maximum atomic E-state index is 13.2. The topological polar surface area (TPSA) is 77.2 Å². The van der Waals surface area contributed by atoms with Crippen LogP contribution in [0.1, 0.15) is 65.2 Å². The van der Waals surface area contributed by atoms with Crippen molar-refractivity contribution in [2.24, 2.45) is 40.9 Å². The molecule has 4 aliphatic rings. The van der Waals surface area contributed by atoms with Crippen molar-refractivity contribution in [3.8, 4) is 0 Å². The summed E-state index contributed by atoms with van der Waals surface area (Å²) >= 11 is 0. The van der Waals surface area contributed by atoms with Crippen LogP contribution in [0.25, 0.3) is 0 Å². The monoisotopic (exact) mass is 415 g/mol. The molecule has 0 spiro atoms. The van der Waals surface area contributed by atoms with Crippen molar-refractivity contribution in [1.82, 2.24) is 15.0 Å². The highest BCUT2D eigenvalue weighted by atomic mass is 16.5. The fraction of sp³-hybridized carbons (Fsp3) is 0.875. The molecule has 0 bridgehead atoms. The molecule has 5 rings (SSSR count). The van der Waals surface area contributed by atoms with Crippen LogP contribution < -0.4 is 0 Å². The highest BCUT2D eigenvalue weighted by molar-refractivity contribution is 5.82. The minimum atomic E-state index is -0.541. The number of Topliss-reactive ketones (excluding diaryl/α,β-unsaturated/α-hetero) is 1. The van der Waals surface area contributed by atoms with Gasteiger partial charge in [0.1, 0.15) is 6.54 Å². The number of nitrogens with zero attached hydrogens (tertiary/aromatic N) is 3. The summed E-state index contributed by atoms with van der Waals surface area (Å²) in [4.78, 5) is 13.2. The molecule has 9 atom stereocenters. The third-order valence-corrected chi connectivity index (χ3v) is 9.75. The molecule has 1 aromatic heterocycles. The number of hydrogen-bond acceptors (Lipinski definition) is 5. The Morgan fingerprint density at radius 1 is 1.13 bits per heavy atom. The van der Waals surface area contributed by atoms with Crippen LogP contribution in [-0.4, -0.2) is 44.7 Å². The fourth-order valence-corrected chi connectivity index (χ4v) is 8.41. The second kappa shape index (κ2) is 7.40. The Balaban J connectivity index is 1.36. The van der Waals surface area contributed by atoms with Crippen molar-refractivity contribution in [1.29, 1.82) is 0 Å². The Hall–Kier alpha value is -1.27. The highest BCUT2D eigenvalue weighted by Gasteiger charge is 2.60. The van der Waals surface area contributed by atoms with Crippen molar-refractivity contribution in [2.45, 2.75) is 83.5 Å². The Bertz CT molecular complexity index is 779. The number of aliphatic hydroxyl groups is 1. The van der Waals surface area contributed by atoms with E-state index in [-0.39, 0.29) is 17.4 Å². The first-order valence-corrected chi connectivity index (χ1v) is 11.9. The summed E-state index contributed by atoms with van der Waals surface area (Å²) in [7, 11) is 1.85. The van der Waals surface area contributed by atoms with Gasteiger partial charge in [-0.25, -0.2) is 4.68 Å². The van der Waals surface area contributed by atoms with E-state index < -0.39 is 5.60 Å². The van der Waals surface area contributed by atoms with Crippen LogP contribution >= 0.6 is 0 Å². The molecule has 1 heterocycles. The molecule has 6 nitrogen and oxygen atoms in total. The zero-order valence-electron chi connectivity index (χ0n) is 18.7. The van der Waals surface area contributed by atoms with E-state index >= 15 is 0 Å². The van der Waals surface area contributed by atoms with Gasteiger partial charge < -0.3 is 9.84 Å². The van der Waals surface area contributed by atoms with Gasteiger partial charge in [0.2, 0.25) is 0 Å².